The second-order valence-corrected chi connectivity index (χ2v) is 11.8. The summed E-state index contributed by atoms with van der Waals surface area (Å²) in [5.74, 6) is -5.63. The molecule has 2 aromatic carbocycles. The molecule has 1 heterocycles. The Balaban J connectivity index is 2.05. The largest absolute Gasteiger partial charge is 0.501 e. The molecule has 0 radical (unpaired) electrons. The number of nitrogens with two attached hydrogens (primary N) is 1. The summed E-state index contributed by atoms with van der Waals surface area (Å²) in [6.45, 7) is 2.79. The number of aliphatic hydroxyl groups is 1. The van der Waals surface area contributed by atoms with Crippen molar-refractivity contribution in [3.8, 4) is 17.2 Å². The molecule has 4 N–H and O–H groups in total. The number of amides is 2. The molecule has 1 fully saturated rings. The summed E-state index contributed by atoms with van der Waals surface area (Å²) in [6.07, 6.45) is -9.09. The van der Waals surface area contributed by atoms with Gasteiger partial charge >= 0.3 is 40.4 Å². The quantitative estimate of drug-likeness (QED) is 0.152. The second kappa shape index (κ2) is 18.5. The Kier molecular flexibility index (Phi) is 14.5. The van der Waals surface area contributed by atoms with E-state index < -0.39 is 102 Å². The van der Waals surface area contributed by atoms with Gasteiger partial charge in [0.1, 0.15) is 25.1 Å². The van der Waals surface area contributed by atoms with Crippen LogP contribution in [0.25, 0.3) is 0 Å². The van der Waals surface area contributed by atoms with Crippen molar-refractivity contribution in [2.75, 3.05) is 19.8 Å². The van der Waals surface area contributed by atoms with Crippen LogP contribution in [0.5, 0.6) is 17.2 Å². The summed E-state index contributed by atoms with van der Waals surface area (Å²) in [5.41, 5.74) is 5.21. The van der Waals surface area contributed by atoms with Crippen LogP contribution in [-0.4, -0.2) is 99.9 Å². The normalized spacial score (nSPS) is 19.6. The summed E-state index contributed by atoms with van der Waals surface area (Å²) in [6, 6.07) is 8.39. The van der Waals surface area contributed by atoms with E-state index in [2.05, 4.69) is 10.1 Å². The zero-order valence-electron chi connectivity index (χ0n) is 28.1. The Morgan fingerprint density at radius 2 is 1.40 bits per heavy atom. The molecule has 2 aromatic rings. The van der Waals surface area contributed by atoms with Crippen molar-refractivity contribution >= 4 is 46.3 Å². The fourth-order valence-corrected chi connectivity index (χ4v) is 5.26. The number of aliphatic hydroxyl groups excluding tert-OH is 1. The molecule has 3 rings (SSSR count). The van der Waals surface area contributed by atoms with Gasteiger partial charge in [0.2, 0.25) is 12.4 Å². The van der Waals surface area contributed by atoms with E-state index in [-0.39, 0.29) is 24.5 Å². The van der Waals surface area contributed by atoms with Crippen molar-refractivity contribution < 1.29 is 83.8 Å². The fraction of sp³-hybridized carbons (Fsp3) is 0.419. The molecule has 0 bridgehead atoms. The minimum atomic E-state index is -5.03. The number of carbonyl (C=O) groups excluding carboxylic acids is 6. The van der Waals surface area contributed by atoms with Crippen LogP contribution < -0.4 is 24.2 Å². The third-order valence-electron chi connectivity index (χ3n) is 6.49. The lowest BCUT2D eigenvalue weighted by Crippen LogP contribution is -2.63. The topological polar surface area (TPSA) is 278 Å². The Bertz CT molecular complexity index is 1730. The van der Waals surface area contributed by atoms with Gasteiger partial charge in [0.25, 0.3) is 5.91 Å². The minimum absolute atomic E-state index is 0.153. The molecule has 21 heteroatoms. The molecular weight excluding hydrogens is 720 g/mol. The first kappa shape index (κ1) is 40.8. The van der Waals surface area contributed by atoms with Crippen LogP contribution in [0.15, 0.2) is 42.5 Å². The van der Waals surface area contributed by atoms with E-state index in [0.29, 0.717) is 5.56 Å². The van der Waals surface area contributed by atoms with E-state index in [1.54, 1.807) is 0 Å². The number of hydrogen-bond acceptors (Lipinski definition) is 18. The number of benzene rings is 2. The average molecular weight is 757 g/mol. The van der Waals surface area contributed by atoms with Crippen LogP contribution in [0.1, 0.15) is 43.6 Å². The van der Waals surface area contributed by atoms with Crippen LogP contribution in [0.3, 0.4) is 0 Å². The molecule has 0 unspecified atom stereocenters. The molecule has 52 heavy (non-hydrogen) atoms. The lowest BCUT2D eigenvalue weighted by molar-refractivity contribution is -0.288. The number of hydrogen-bond donors (Lipinski definition) is 3. The standard InChI is InChI=1S/C31H36N2O18S/c1-16(35)43-15-25-26(45-17(2)36)27(46-18(3)37)28(47-19(4)38)30(49-25)48-23-10-7-21(29(39)33-11-12-34)13-24(23)51-52(41,42)50-22-8-5-20(6-9-22)14-44-31(32)40/h5-10,13,25-28,30,34H,11-12,14-15H2,1-4H3,(H2,32,40)(H,33,39)/t25-,26+,27+,28-,30-/m0/s1. The molecule has 1 aliphatic rings. The maximum Gasteiger partial charge on any atom is 0.501 e. The maximum absolute atomic E-state index is 13.1. The van der Waals surface area contributed by atoms with Crippen LogP contribution in [0, 0.1) is 0 Å². The highest BCUT2D eigenvalue weighted by Gasteiger charge is 2.53. The van der Waals surface area contributed by atoms with Gasteiger partial charge in [0.05, 0.1) is 6.61 Å². The van der Waals surface area contributed by atoms with Crippen LogP contribution >= 0.6 is 0 Å². The van der Waals surface area contributed by atoms with Gasteiger partial charge in [-0.25, -0.2) is 4.79 Å². The van der Waals surface area contributed by atoms with Gasteiger partial charge in [-0.15, -0.1) is 8.42 Å². The molecule has 5 atom stereocenters. The number of esters is 4. The third kappa shape index (κ3) is 12.6. The number of rotatable bonds is 16. The maximum atomic E-state index is 13.1. The molecule has 2 amide bonds. The number of primary amides is 1. The first-order valence-corrected chi connectivity index (χ1v) is 16.5. The molecule has 0 saturated carbocycles. The predicted molar refractivity (Wildman–Crippen MR) is 169 cm³/mol. The number of ether oxygens (including phenoxy) is 7. The van der Waals surface area contributed by atoms with Gasteiger partial charge < -0.3 is 57.7 Å². The molecule has 0 spiro atoms. The zero-order valence-corrected chi connectivity index (χ0v) is 28.9. The third-order valence-corrected chi connectivity index (χ3v) is 7.27. The highest BCUT2D eigenvalue weighted by Crippen LogP contribution is 2.36. The Morgan fingerprint density at radius 3 is 1.98 bits per heavy atom. The lowest BCUT2D eigenvalue weighted by atomic mass is 9.98. The van der Waals surface area contributed by atoms with E-state index in [4.69, 9.17) is 47.6 Å². The number of nitrogens with one attached hydrogen (secondary N) is 1. The minimum Gasteiger partial charge on any atom is -0.463 e. The molecule has 1 saturated heterocycles. The van der Waals surface area contributed by atoms with Crippen LogP contribution in [0.2, 0.25) is 0 Å². The van der Waals surface area contributed by atoms with E-state index >= 15 is 0 Å². The SMILES string of the molecule is CC(=O)OC[C@@H]1O[C@H](Oc2ccc(C(=O)NCCO)cc2OS(=O)(=O)Oc2ccc(COC(N)=O)cc2)[C@@H](OC(C)=O)[C@H](OC(C)=O)[C@@H]1OC(C)=O. The first-order chi connectivity index (χ1) is 24.5. The van der Waals surface area contributed by atoms with Crippen molar-refractivity contribution in [3.63, 3.8) is 0 Å². The summed E-state index contributed by atoms with van der Waals surface area (Å²) in [4.78, 5) is 71.7. The molecular formula is C31H36N2O18S. The van der Waals surface area contributed by atoms with Crippen LogP contribution in [0.4, 0.5) is 4.79 Å². The summed E-state index contributed by atoms with van der Waals surface area (Å²) < 4.78 is 74.1. The summed E-state index contributed by atoms with van der Waals surface area (Å²) in [7, 11) is -5.03. The van der Waals surface area contributed by atoms with E-state index in [1.807, 2.05) is 0 Å². The number of carbonyl (C=O) groups is 6. The summed E-state index contributed by atoms with van der Waals surface area (Å²) in [5, 5.41) is 11.5. The van der Waals surface area contributed by atoms with E-state index in [1.165, 1.54) is 30.3 Å². The van der Waals surface area contributed by atoms with E-state index in [0.717, 1.165) is 39.8 Å². The lowest BCUT2D eigenvalue weighted by Gasteiger charge is -2.43. The predicted octanol–water partition coefficient (Wildman–Crippen LogP) is 0.169. The average Bonchev–Trinajstić information content (AvgIpc) is 3.04. The highest BCUT2D eigenvalue weighted by molar-refractivity contribution is 7.82. The molecule has 0 aromatic heterocycles. The van der Waals surface area contributed by atoms with Crippen molar-refractivity contribution in [2.24, 2.45) is 5.73 Å². The van der Waals surface area contributed by atoms with Gasteiger partial charge in [-0.2, -0.15) is 0 Å². The monoisotopic (exact) mass is 756 g/mol. The van der Waals surface area contributed by atoms with Crippen molar-refractivity contribution in [1.82, 2.24) is 5.32 Å². The first-order valence-electron chi connectivity index (χ1n) is 15.1. The zero-order chi connectivity index (χ0) is 38.6. The van der Waals surface area contributed by atoms with Crippen molar-refractivity contribution in [2.45, 2.75) is 65.0 Å². The smallest absolute Gasteiger partial charge is 0.463 e. The van der Waals surface area contributed by atoms with Gasteiger partial charge in [0.15, 0.2) is 23.7 Å². The van der Waals surface area contributed by atoms with Crippen molar-refractivity contribution in [3.05, 3.63) is 53.6 Å². The van der Waals surface area contributed by atoms with Crippen molar-refractivity contribution in [1.29, 1.82) is 0 Å². The Hall–Kier alpha value is -5.67. The van der Waals surface area contributed by atoms with Gasteiger partial charge in [-0.05, 0) is 35.9 Å². The molecule has 0 aliphatic carbocycles. The van der Waals surface area contributed by atoms with Crippen LogP contribution in [-0.2, 0) is 64.6 Å². The second-order valence-electron chi connectivity index (χ2n) is 10.7. The van der Waals surface area contributed by atoms with E-state index in [9.17, 15) is 37.2 Å². The van der Waals surface area contributed by atoms with Gasteiger partial charge in [0, 0.05) is 39.8 Å². The Morgan fingerprint density at radius 1 is 0.788 bits per heavy atom. The Labute approximate surface area is 296 Å². The molecule has 20 nitrogen and oxygen atoms in total. The highest BCUT2D eigenvalue weighted by atomic mass is 32.3. The van der Waals surface area contributed by atoms with Gasteiger partial charge in [-0.3, -0.25) is 24.0 Å². The molecule has 1 aliphatic heterocycles. The fourth-order valence-electron chi connectivity index (χ4n) is 4.53. The molecule has 284 valence electrons. The van der Waals surface area contributed by atoms with Gasteiger partial charge in [-0.1, -0.05) is 12.1 Å². The summed E-state index contributed by atoms with van der Waals surface area (Å²) >= 11 is 0.